The fourth-order valence-corrected chi connectivity index (χ4v) is 3.05. The molecule has 0 aliphatic heterocycles. The van der Waals surface area contributed by atoms with Crippen LogP contribution in [0.25, 0.3) is 10.2 Å². The molecule has 1 aromatic carbocycles. The summed E-state index contributed by atoms with van der Waals surface area (Å²) < 4.78 is 5.96. The number of fused-ring (bicyclic) bond motifs is 1. The van der Waals surface area contributed by atoms with E-state index in [0.717, 1.165) is 27.1 Å². The van der Waals surface area contributed by atoms with Gasteiger partial charge in [0.2, 0.25) is 5.88 Å². The van der Waals surface area contributed by atoms with Crippen LogP contribution in [-0.2, 0) is 0 Å². The molecular weight excluding hydrogens is 280 g/mol. The highest BCUT2D eigenvalue weighted by molar-refractivity contribution is 7.16. The van der Waals surface area contributed by atoms with Crippen molar-refractivity contribution in [2.45, 2.75) is 13.8 Å². The zero-order valence-corrected chi connectivity index (χ0v) is 12.0. The number of nitrogens with zero attached hydrogens (tertiary/aromatic N) is 2. The minimum absolute atomic E-state index is 0.583. The molecule has 0 atom stereocenters. The normalized spacial score (nSPS) is 10.9. The monoisotopic (exact) mass is 290 g/mol. The highest BCUT2D eigenvalue weighted by Gasteiger charge is 2.11. The molecule has 3 rings (SSSR count). The second-order valence-corrected chi connectivity index (χ2v) is 5.62. The Labute approximate surface area is 119 Å². The summed E-state index contributed by atoms with van der Waals surface area (Å²) in [6.45, 7) is 3.94. The van der Waals surface area contributed by atoms with Crippen LogP contribution in [0.1, 0.15) is 11.1 Å². The Kier molecular flexibility index (Phi) is 3.12. The first-order valence-electron chi connectivity index (χ1n) is 5.78. The third-order valence-electron chi connectivity index (χ3n) is 2.85. The Hall–Kier alpha value is -1.65. The van der Waals surface area contributed by atoms with Gasteiger partial charge in [-0.2, -0.15) is 0 Å². The quantitative estimate of drug-likeness (QED) is 0.683. The lowest BCUT2D eigenvalue weighted by atomic mass is 10.1. The molecular formula is C14H11ClN2OS. The summed E-state index contributed by atoms with van der Waals surface area (Å²) in [6.07, 6.45) is 1.52. The number of ether oxygens (including phenoxy) is 1. The van der Waals surface area contributed by atoms with Gasteiger partial charge in [0.15, 0.2) is 0 Å². The van der Waals surface area contributed by atoms with Gasteiger partial charge in [-0.15, -0.1) is 11.3 Å². The van der Waals surface area contributed by atoms with Gasteiger partial charge in [-0.05, 0) is 48.6 Å². The van der Waals surface area contributed by atoms with E-state index in [1.54, 1.807) is 11.3 Å². The first-order chi connectivity index (χ1) is 9.15. The topological polar surface area (TPSA) is 35.0 Å². The van der Waals surface area contributed by atoms with Gasteiger partial charge in [0.25, 0.3) is 0 Å². The number of thiophene rings is 1. The number of rotatable bonds is 2. The molecule has 0 bridgehead atoms. The van der Waals surface area contributed by atoms with Crippen LogP contribution in [0.15, 0.2) is 29.9 Å². The number of aryl methyl sites for hydroxylation is 2. The lowest BCUT2D eigenvalue weighted by Crippen LogP contribution is -1.94. The molecule has 0 N–H and O–H groups in total. The fourth-order valence-electron chi connectivity index (χ4n) is 2.00. The van der Waals surface area contributed by atoms with Crippen molar-refractivity contribution in [2.24, 2.45) is 0 Å². The van der Waals surface area contributed by atoms with E-state index in [1.807, 2.05) is 37.4 Å². The third-order valence-corrected chi connectivity index (χ3v) is 3.89. The summed E-state index contributed by atoms with van der Waals surface area (Å²) in [4.78, 5) is 9.35. The lowest BCUT2D eigenvalue weighted by molar-refractivity contribution is 0.461. The van der Waals surface area contributed by atoms with Crippen molar-refractivity contribution in [1.82, 2.24) is 9.97 Å². The van der Waals surface area contributed by atoms with Gasteiger partial charge in [-0.25, -0.2) is 9.97 Å². The highest BCUT2D eigenvalue weighted by Crippen LogP contribution is 2.34. The zero-order valence-electron chi connectivity index (χ0n) is 10.5. The molecule has 19 heavy (non-hydrogen) atoms. The van der Waals surface area contributed by atoms with Crippen molar-refractivity contribution >= 4 is 33.2 Å². The maximum atomic E-state index is 6.02. The first-order valence-corrected chi connectivity index (χ1v) is 7.03. The molecule has 0 saturated heterocycles. The second kappa shape index (κ2) is 4.79. The molecule has 0 spiro atoms. The van der Waals surface area contributed by atoms with E-state index >= 15 is 0 Å². The maximum Gasteiger partial charge on any atom is 0.231 e. The molecule has 3 aromatic rings. The lowest BCUT2D eigenvalue weighted by Gasteiger charge is -2.11. The predicted octanol–water partition coefficient (Wildman–Crippen LogP) is 4.75. The van der Waals surface area contributed by atoms with Gasteiger partial charge in [-0.3, -0.25) is 0 Å². The van der Waals surface area contributed by atoms with Gasteiger partial charge in [0.1, 0.15) is 16.9 Å². The fraction of sp³-hybridized carbons (Fsp3) is 0.143. The van der Waals surface area contributed by atoms with E-state index in [4.69, 9.17) is 16.3 Å². The molecule has 0 unspecified atom stereocenters. The summed E-state index contributed by atoms with van der Waals surface area (Å²) in [5.41, 5.74) is 1.99. The van der Waals surface area contributed by atoms with Crippen LogP contribution in [0.3, 0.4) is 0 Å². The molecule has 0 fully saturated rings. The molecule has 5 heteroatoms. The molecule has 0 radical (unpaired) electrons. The van der Waals surface area contributed by atoms with Gasteiger partial charge >= 0.3 is 0 Å². The smallest absolute Gasteiger partial charge is 0.231 e. The number of hydrogen-bond acceptors (Lipinski definition) is 4. The van der Waals surface area contributed by atoms with Crippen molar-refractivity contribution in [3.63, 3.8) is 0 Å². The summed E-state index contributed by atoms with van der Waals surface area (Å²) in [6, 6.07) is 5.74. The minimum atomic E-state index is 0.583. The zero-order chi connectivity index (χ0) is 13.4. The Morgan fingerprint density at radius 2 is 1.89 bits per heavy atom. The predicted molar refractivity (Wildman–Crippen MR) is 78.4 cm³/mol. The molecule has 96 valence electrons. The van der Waals surface area contributed by atoms with Crippen molar-refractivity contribution in [3.05, 3.63) is 46.1 Å². The van der Waals surface area contributed by atoms with Crippen molar-refractivity contribution in [2.75, 3.05) is 0 Å². The van der Waals surface area contributed by atoms with E-state index in [-0.39, 0.29) is 0 Å². The molecule has 2 heterocycles. The minimum Gasteiger partial charge on any atom is -0.438 e. The summed E-state index contributed by atoms with van der Waals surface area (Å²) in [5.74, 6) is 1.38. The van der Waals surface area contributed by atoms with Crippen LogP contribution >= 0.6 is 22.9 Å². The van der Waals surface area contributed by atoms with Crippen LogP contribution in [0.5, 0.6) is 11.6 Å². The van der Waals surface area contributed by atoms with E-state index < -0.39 is 0 Å². The molecule has 0 aliphatic rings. The highest BCUT2D eigenvalue weighted by atomic mass is 35.5. The first kappa shape index (κ1) is 12.4. The SMILES string of the molecule is Cc1cc(Cl)cc(C)c1Oc1ncnc2sccc12. The van der Waals surface area contributed by atoms with E-state index in [2.05, 4.69) is 9.97 Å². The Bertz CT molecular complexity index is 731. The van der Waals surface area contributed by atoms with Crippen molar-refractivity contribution in [3.8, 4) is 11.6 Å². The largest absolute Gasteiger partial charge is 0.438 e. The Morgan fingerprint density at radius 1 is 1.16 bits per heavy atom. The summed E-state index contributed by atoms with van der Waals surface area (Å²) in [5, 5.41) is 3.63. The maximum absolute atomic E-state index is 6.02. The third kappa shape index (κ3) is 2.29. The van der Waals surface area contributed by atoms with Crippen molar-refractivity contribution < 1.29 is 4.74 Å². The van der Waals surface area contributed by atoms with Crippen LogP contribution in [-0.4, -0.2) is 9.97 Å². The van der Waals surface area contributed by atoms with E-state index in [0.29, 0.717) is 10.9 Å². The van der Waals surface area contributed by atoms with E-state index in [9.17, 15) is 0 Å². The van der Waals surface area contributed by atoms with Gasteiger partial charge < -0.3 is 4.74 Å². The molecule has 2 aromatic heterocycles. The summed E-state index contributed by atoms with van der Waals surface area (Å²) in [7, 11) is 0. The average molecular weight is 291 g/mol. The van der Waals surface area contributed by atoms with Gasteiger partial charge in [-0.1, -0.05) is 11.6 Å². The number of aromatic nitrogens is 2. The van der Waals surface area contributed by atoms with Crippen LogP contribution < -0.4 is 4.74 Å². The molecule has 0 aliphatic carbocycles. The van der Waals surface area contributed by atoms with Crippen LogP contribution in [0.4, 0.5) is 0 Å². The summed E-state index contributed by atoms with van der Waals surface area (Å²) >= 11 is 7.59. The molecule has 3 nitrogen and oxygen atoms in total. The van der Waals surface area contributed by atoms with Gasteiger partial charge in [0.05, 0.1) is 5.39 Å². The second-order valence-electron chi connectivity index (χ2n) is 4.29. The Morgan fingerprint density at radius 3 is 2.63 bits per heavy atom. The molecule has 0 saturated carbocycles. The molecule has 0 amide bonds. The average Bonchev–Trinajstić information content (AvgIpc) is 2.82. The number of benzene rings is 1. The van der Waals surface area contributed by atoms with Gasteiger partial charge in [0, 0.05) is 5.02 Å². The van der Waals surface area contributed by atoms with E-state index in [1.165, 1.54) is 6.33 Å². The van der Waals surface area contributed by atoms with Crippen LogP contribution in [0, 0.1) is 13.8 Å². The number of halogens is 1. The van der Waals surface area contributed by atoms with Crippen LogP contribution in [0.2, 0.25) is 5.02 Å². The standard InChI is InChI=1S/C14H11ClN2OS/c1-8-5-10(15)6-9(2)12(8)18-13-11-3-4-19-14(11)17-7-16-13/h3-7H,1-2H3. The number of hydrogen-bond donors (Lipinski definition) is 0. The Balaban J connectivity index is 2.09. The van der Waals surface area contributed by atoms with Crippen molar-refractivity contribution in [1.29, 1.82) is 0 Å².